The Morgan fingerprint density at radius 1 is 1.06 bits per heavy atom. The fraction of sp³-hybridized carbons (Fsp3) is 1.00. The van der Waals surface area contributed by atoms with Gasteiger partial charge in [0.05, 0.1) is 11.5 Å². The van der Waals surface area contributed by atoms with Crippen molar-refractivity contribution in [1.82, 2.24) is 5.32 Å². The Bertz CT molecular complexity index is 328. The molecule has 2 fully saturated rings. The number of hydrogen-bond donors (Lipinski definition) is 2. The molecule has 0 bridgehead atoms. The van der Waals surface area contributed by atoms with Crippen molar-refractivity contribution in [3.63, 3.8) is 0 Å². The standard InChI is InChI=1S/C12H24N2O2S/c13-9-10-3-1-2-4-12(10)14-11-5-7-17(15,16)8-6-11/h10-12,14H,1-9,13H2. The third-order valence-electron chi connectivity index (χ3n) is 4.22. The lowest BCUT2D eigenvalue weighted by molar-refractivity contribution is 0.241. The average Bonchev–Trinajstić information content (AvgIpc) is 2.32. The van der Waals surface area contributed by atoms with Crippen LogP contribution in [0.4, 0.5) is 0 Å². The number of hydrogen-bond acceptors (Lipinski definition) is 4. The molecule has 0 aromatic rings. The van der Waals surface area contributed by atoms with Gasteiger partial charge in [0, 0.05) is 12.1 Å². The maximum Gasteiger partial charge on any atom is 0.150 e. The van der Waals surface area contributed by atoms with Gasteiger partial charge in [0.2, 0.25) is 0 Å². The molecule has 3 N–H and O–H groups in total. The maximum atomic E-state index is 11.4. The Labute approximate surface area is 104 Å². The Balaban J connectivity index is 1.84. The topological polar surface area (TPSA) is 72.2 Å². The molecule has 0 amide bonds. The molecule has 4 nitrogen and oxygen atoms in total. The highest BCUT2D eigenvalue weighted by Crippen LogP contribution is 2.25. The second kappa shape index (κ2) is 5.67. The minimum atomic E-state index is -2.74. The van der Waals surface area contributed by atoms with Gasteiger partial charge in [0.25, 0.3) is 0 Å². The van der Waals surface area contributed by atoms with Crippen LogP contribution >= 0.6 is 0 Å². The maximum absolute atomic E-state index is 11.4. The molecule has 17 heavy (non-hydrogen) atoms. The van der Waals surface area contributed by atoms with E-state index < -0.39 is 9.84 Å². The van der Waals surface area contributed by atoms with Crippen molar-refractivity contribution < 1.29 is 8.42 Å². The number of nitrogens with two attached hydrogens (primary N) is 1. The Kier molecular flexibility index (Phi) is 4.44. The molecule has 5 heteroatoms. The molecule has 0 spiro atoms. The highest BCUT2D eigenvalue weighted by molar-refractivity contribution is 7.91. The van der Waals surface area contributed by atoms with Crippen molar-refractivity contribution in [3.05, 3.63) is 0 Å². The lowest BCUT2D eigenvalue weighted by Gasteiger charge is -2.35. The zero-order valence-corrected chi connectivity index (χ0v) is 11.2. The summed E-state index contributed by atoms with van der Waals surface area (Å²) < 4.78 is 22.7. The number of rotatable bonds is 3. The van der Waals surface area contributed by atoms with Gasteiger partial charge in [-0.1, -0.05) is 12.8 Å². The van der Waals surface area contributed by atoms with Crippen molar-refractivity contribution in [1.29, 1.82) is 0 Å². The van der Waals surface area contributed by atoms with Crippen LogP contribution in [0.1, 0.15) is 38.5 Å². The van der Waals surface area contributed by atoms with E-state index >= 15 is 0 Å². The molecule has 2 aliphatic rings. The van der Waals surface area contributed by atoms with Gasteiger partial charge >= 0.3 is 0 Å². The third-order valence-corrected chi connectivity index (χ3v) is 5.93. The molecule has 1 aliphatic carbocycles. The minimum Gasteiger partial charge on any atom is -0.330 e. The zero-order valence-electron chi connectivity index (χ0n) is 10.4. The summed E-state index contributed by atoms with van der Waals surface area (Å²) in [5.41, 5.74) is 5.81. The molecular formula is C12H24N2O2S. The summed E-state index contributed by atoms with van der Waals surface area (Å²) in [4.78, 5) is 0. The predicted molar refractivity (Wildman–Crippen MR) is 69.6 cm³/mol. The van der Waals surface area contributed by atoms with Crippen molar-refractivity contribution in [2.45, 2.75) is 50.6 Å². The smallest absolute Gasteiger partial charge is 0.150 e. The molecule has 100 valence electrons. The third kappa shape index (κ3) is 3.66. The Morgan fingerprint density at radius 2 is 1.71 bits per heavy atom. The lowest BCUT2D eigenvalue weighted by Crippen LogP contribution is -2.49. The van der Waals surface area contributed by atoms with Gasteiger partial charge in [-0.2, -0.15) is 0 Å². The fourth-order valence-corrected chi connectivity index (χ4v) is 4.56. The first-order valence-corrected chi connectivity index (χ1v) is 8.59. The van der Waals surface area contributed by atoms with Crippen LogP contribution in [0.3, 0.4) is 0 Å². The Morgan fingerprint density at radius 3 is 2.35 bits per heavy atom. The van der Waals surface area contributed by atoms with Crippen LogP contribution in [0.15, 0.2) is 0 Å². The summed E-state index contributed by atoms with van der Waals surface area (Å²) in [7, 11) is -2.74. The van der Waals surface area contributed by atoms with Crippen LogP contribution in [0.2, 0.25) is 0 Å². The molecule has 0 radical (unpaired) electrons. The largest absolute Gasteiger partial charge is 0.330 e. The molecule has 2 unspecified atom stereocenters. The van der Waals surface area contributed by atoms with Crippen molar-refractivity contribution >= 4 is 9.84 Å². The SMILES string of the molecule is NCC1CCCCC1NC1CCS(=O)(=O)CC1. The fourth-order valence-electron chi connectivity index (χ4n) is 3.07. The van der Waals surface area contributed by atoms with E-state index in [4.69, 9.17) is 5.73 Å². The summed E-state index contributed by atoms with van der Waals surface area (Å²) in [6.07, 6.45) is 6.54. The first-order valence-electron chi connectivity index (χ1n) is 6.77. The van der Waals surface area contributed by atoms with Crippen LogP contribution < -0.4 is 11.1 Å². The molecule has 0 aromatic carbocycles. The van der Waals surface area contributed by atoms with Gasteiger partial charge in [-0.25, -0.2) is 8.42 Å². The summed E-state index contributed by atoms with van der Waals surface area (Å²) in [5.74, 6) is 1.29. The number of nitrogens with one attached hydrogen (secondary N) is 1. The molecule has 2 atom stereocenters. The molecule has 1 aliphatic heterocycles. The highest BCUT2D eigenvalue weighted by atomic mass is 32.2. The summed E-state index contributed by atoms with van der Waals surface area (Å²) in [6, 6.07) is 0.898. The monoisotopic (exact) mass is 260 g/mol. The van der Waals surface area contributed by atoms with Crippen molar-refractivity contribution in [2.75, 3.05) is 18.1 Å². The second-order valence-corrected chi connectivity index (χ2v) is 7.78. The van der Waals surface area contributed by atoms with E-state index in [1.54, 1.807) is 0 Å². The molecule has 1 saturated heterocycles. The summed E-state index contributed by atoms with van der Waals surface area (Å²) in [5, 5.41) is 3.65. The zero-order chi connectivity index (χ0) is 12.3. The van der Waals surface area contributed by atoms with E-state index in [9.17, 15) is 8.42 Å². The van der Waals surface area contributed by atoms with E-state index in [1.165, 1.54) is 25.7 Å². The first-order chi connectivity index (χ1) is 8.11. The van der Waals surface area contributed by atoms with Gasteiger partial charge in [-0.05, 0) is 38.1 Å². The van der Waals surface area contributed by atoms with E-state index in [0.29, 0.717) is 29.5 Å². The van der Waals surface area contributed by atoms with Crippen LogP contribution in [0.5, 0.6) is 0 Å². The van der Waals surface area contributed by atoms with E-state index in [-0.39, 0.29) is 0 Å². The van der Waals surface area contributed by atoms with Gasteiger partial charge in [0.15, 0.2) is 0 Å². The van der Waals surface area contributed by atoms with Crippen LogP contribution in [-0.2, 0) is 9.84 Å². The van der Waals surface area contributed by atoms with Gasteiger partial charge in [-0.3, -0.25) is 0 Å². The molecular weight excluding hydrogens is 236 g/mol. The van der Waals surface area contributed by atoms with Crippen molar-refractivity contribution in [3.8, 4) is 0 Å². The minimum absolute atomic E-state index is 0.352. The van der Waals surface area contributed by atoms with Gasteiger partial charge < -0.3 is 11.1 Å². The molecule has 2 rings (SSSR count). The first kappa shape index (κ1) is 13.3. The Hall–Kier alpha value is -0.130. The quantitative estimate of drug-likeness (QED) is 0.782. The van der Waals surface area contributed by atoms with E-state index in [0.717, 1.165) is 19.4 Å². The van der Waals surface area contributed by atoms with Crippen molar-refractivity contribution in [2.24, 2.45) is 11.7 Å². The molecule has 1 saturated carbocycles. The molecule has 1 heterocycles. The second-order valence-electron chi connectivity index (χ2n) is 5.48. The highest BCUT2D eigenvalue weighted by Gasteiger charge is 2.29. The number of sulfone groups is 1. The van der Waals surface area contributed by atoms with Gasteiger partial charge in [-0.15, -0.1) is 0 Å². The molecule has 0 aromatic heterocycles. The van der Waals surface area contributed by atoms with E-state index in [2.05, 4.69) is 5.32 Å². The summed E-state index contributed by atoms with van der Waals surface area (Å²) >= 11 is 0. The lowest BCUT2D eigenvalue weighted by atomic mass is 9.84. The van der Waals surface area contributed by atoms with Crippen LogP contribution in [-0.4, -0.2) is 38.6 Å². The van der Waals surface area contributed by atoms with Gasteiger partial charge in [0.1, 0.15) is 9.84 Å². The van der Waals surface area contributed by atoms with Crippen LogP contribution in [0.25, 0.3) is 0 Å². The predicted octanol–water partition coefficient (Wildman–Crippen LogP) is 0.671. The van der Waals surface area contributed by atoms with E-state index in [1.807, 2.05) is 0 Å². The summed E-state index contributed by atoms with van der Waals surface area (Å²) in [6.45, 7) is 0.753. The van der Waals surface area contributed by atoms with Crippen LogP contribution in [0, 0.1) is 5.92 Å². The average molecular weight is 260 g/mol. The normalized spacial score (nSPS) is 34.6.